The number of aromatic amines is 2. The molecular formula is C24H19N7O3S. The fourth-order valence-electron chi connectivity index (χ4n) is 3.71. The number of aromatic nitrogens is 5. The smallest absolute Gasteiger partial charge is 0.265 e. The maximum absolute atomic E-state index is 13.1. The highest BCUT2D eigenvalue weighted by Crippen LogP contribution is 2.24. The second-order valence-corrected chi connectivity index (χ2v) is 8.23. The van der Waals surface area contributed by atoms with Crippen molar-refractivity contribution in [3.05, 3.63) is 77.5 Å². The van der Waals surface area contributed by atoms with Gasteiger partial charge >= 0.3 is 0 Å². The minimum atomic E-state index is -0.540. The van der Waals surface area contributed by atoms with Crippen LogP contribution in [0.15, 0.2) is 66.2 Å². The number of rotatable bonds is 6. The van der Waals surface area contributed by atoms with Gasteiger partial charge in [-0.3, -0.25) is 19.8 Å². The van der Waals surface area contributed by atoms with Crippen LogP contribution in [-0.2, 0) is 16.0 Å². The third-order valence-electron chi connectivity index (χ3n) is 5.57. The van der Waals surface area contributed by atoms with Crippen molar-refractivity contribution in [1.29, 1.82) is 0 Å². The van der Waals surface area contributed by atoms with Crippen molar-refractivity contribution in [3.63, 3.8) is 0 Å². The number of aromatic hydroxyl groups is 1. The molecule has 1 aliphatic heterocycles. The molecule has 174 valence electrons. The van der Waals surface area contributed by atoms with Crippen LogP contribution >= 0.6 is 12.2 Å². The molecule has 35 heavy (non-hydrogen) atoms. The maximum Gasteiger partial charge on any atom is 0.265 e. The molecule has 10 nitrogen and oxygen atoms in total. The Kier molecular flexibility index (Phi) is 5.90. The maximum atomic E-state index is 13.1. The molecule has 2 amide bonds. The summed E-state index contributed by atoms with van der Waals surface area (Å²) in [6.07, 6.45) is 2.03. The largest absolute Gasteiger partial charge is 0.508 e. The monoisotopic (exact) mass is 485 g/mol. The zero-order valence-corrected chi connectivity index (χ0v) is 19.0. The lowest BCUT2D eigenvalue weighted by molar-refractivity contribution is -0.128. The fraction of sp³-hybridized carbons (Fsp3) is 0.0833. The molecule has 1 aliphatic rings. The quantitative estimate of drug-likeness (QED) is 0.187. The third kappa shape index (κ3) is 4.70. The third-order valence-corrected chi connectivity index (χ3v) is 5.89. The van der Waals surface area contributed by atoms with Crippen LogP contribution in [0.5, 0.6) is 5.75 Å². The van der Waals surface area contributed by atoms with E-state index in [0.717, 1.165) is 22.4 Å². The van der Waals surface area contributed by atoms with Crippen LogP contribution in [0.25, 0.3) is 28.7 Å². The van der Waals surface area contributed by atoms with Gasteiger partial charge < -0.3 is 10.1 Å². The zero-order valence-electron chi connectivity index (χ0n) is 18.2. The number of thiocarbonyl (C=S) groups is 1. The van der Waals surface area contributed by atoms with E-state index in [4.69, 9.17) is 12.2 Å². The number of amides is 2. The van der Waals surface area contributed by atoms with Gasteiger partial charge in [0.05, 0.1) is 0 Å². The van der Waals surface area contributed by atoms with Gasteiger partial charge in [0.2, 0.25) is 0 Å². The first-order valence-corrected chi connectivity index (χ1v) is 11.1. The van der Waals surface area contributed by atoms with E-state index >= 15 is 0 Å². The summed E-state index contributed by atoms with van der Waals surface area (Å²) >= 11 is 5.23. The summed E-state index contributed by atoms with van der Waals surface area (Å²) in [7, 11) is 0. The summed E-state index contributed by atoms with van der Waals surface area (Å²) in [5, 5.41) is 25.9. The zero-order chi connectivity index (χ0) is 24.4. The van der Waals surface area contributed by atoms with Crippen LogP contribution in [0.4, 0.5) is 0 Å². The first-order valence-electron chi connectivity index (χ1n) is 10.7. The van der Waals surface area contributed by atoms with Crippen molar-refractivity contribution in [2.45, 2.75) is 6.42 Å². The molecule has 0 aliphatic carbocycles. The Morgan fingerprint density at radius 3 is 2.43 bits per heavy atom. The molecule has 2 aromatic carbocycles. The standard InChI is InChI=1S/C24H19N7O3S/c32-18-8-1-14(2-9-18)11-12-31-23(34)19(22(33)26-24(31)35)13-17-7-10-20(25-17)15-3-5-16(6-4-15)21-27-29-30-28-21/h1-10,13,25,32H,11-12H2,(H,26,33,35)(H,27,28,29,30)/b19-13-. The van der Waals surface area contributed by atoms with Gasteiger partial charge in [-0.25, -0.2) is 5.10 Å². The van der Waals surface area contributed by atoms with E-state index < -0.39 is 11.8 Å². The van der Waals surface area contributed by atoms with Gasteiger partial charge in [0.25, 0.3) is 11.8 Å². The number of carbonyl (C=O) groups is 2. The highest BCUT2D eigenvalue weighted by atomic mass is 32.1. The molecule has 0 unspecified atom stereocenters. The number of hydrogen-bond donors (Lipinski definition) is 4. The number of phenolic OH excluding ortho intramolecular Hbond substituents is 1. The number of tetrazole rings is 1. The second-order valence-electron chi connectivity index (χ2n) is 7.85. The van der Waals surface area contributed by atoms with E-state index in [9.17, 15) is 14.7 Å². The van der Waals surface area contributed by atoms with Crippen molar-refractivity contribution in [2.75, 3.05) is 6.54 Å². The van der Waals surface area contributed by atoms with Crippen LogP contribution in [0.3, 0.4) is 0 Å². The number of phenols is 1. The van der Waals surface area contributed by atoms with Crippen LogP contribution < -0.4 is 5.32 Å². The lowest BCUT2D eigenvalue weighted by Crippen LogP contribution is -2.54. The van der Waals surface area contributed by atoms with E-state index in [1.54, 1.807) is 30.3 Å². The first kappa shape index (κ1) is 22.2. The molecular weight excluding hydrogens is 466 g/mol. The van der Waals surface area contributed by atoms with Crippen LogP contribution in [-0.4, -0.2) is 59.1 Å². The number of carbonyl (C=O) groups excluding carboxylic acids is 2. The van der Waals surface area contributed by atoms with Crippen molar-refractivity contribution in [2.24, 2.45) is 0 Å². The summed E-state index contributed by atoms with van der Waals surface area (Å²) in [5.41, 5.74) is 4.12. The predicted molar refractivity (Wildman–Crippen MR) is 132 cm³/mol. The topological polar surface area (TPSA) is 140 Å². The minimum absolute atomic E-state index is 0.00845. The van der Waals surface area contributed by atoms with Gasteiger partial charge in [-0.05, 0) is 70.5 Å². The van der Waals surface area contributed by atoms with Crippen molar-refractivity contribution in [1.82, 2.24) is 35.8 Å². The summed E-state index contributed by atoms with van der Waals surface area (Å²) in [6, 6.07) is 18.0. The fourth-order valence-corrected chi connectivity index (χ4v) is 3.98. The number of nitrogens with zero attached hydrogens (tertiary/aromatic N) is 4. The lowest BCUT2D eigenvalue weighted by atomic mass is 10.1. The van der Waals surface area contributed by atoms with Crippen molar-refractivity contribution in [3.8, 4) is 28.4 Å². The molecule has 5 rings (SSSR count). The molecule has 0 radical (unpaired) electrons. The van der Waals surface area contributed by atoms with Gasteiger partial charge in [-0.1, -0.05) is 36.4 Å². The Balaban J connectivity index is 1.32. The average Bonchev–Trinajstić information content (AvgIpc) is 3.56. The minimum Gasteiger partial charge on any atom is -0.508 e. The second kappa shape index (κ2) is 9.31. The number of hydrogen-bond acceptors (Lipinski definition) is 7. The predicted octanol–water partition coefficient (Wildman–Crippen LogP) is 2.44. The first-order chi connectivity index (χ1) is 17.0. The number of H-pyrrole nitrogens is 2. The van der Waals surface area contributed by atoms with E-state index in [2.05, 4.69) is 30.9 Å². The molecule has 4 aromatic rings. The highest BCUT2D eigenvalue weighted by Gasteiger charge is 2.33. The molecule has 0 atom stereocenters. The Labute approximate surface area is 204 Å². The molecule has 0 spiro atoms. The van der Waals surface area contributed by atoms with E-state index in [1.165, 1.54) is 11.0 Å². The molecule has 0 bridgehead atoms. The van der Waals surface area contributed by atoms with E-state index in [1.807, 2.05) is 30.3 Å². The Morgan fingerprint density at radius 2 is 1.71 bits per heavy atom. The molecule has 3 heterocycles. The normalized spacial score (nSPS) is 15.0. The summed E-state index contributed by atoms with van der Waals surface area (Å²) < 4.78 is 0. The van der Waals surface area contributed by atoms with Crippen molar-refractivity contribution >= 4 is 35.2 Å². The Bertz CT molecular complexity index is 1420. The molecule has 1 saturated heterocycles. The average molecular weight is 486 g/mol. The van der Waals surface area contributed by atoms with E-state index in [-0.39, 0.29) is 16.4 Å². The van der Waals surface area contributed by atoms with Crippen LogP contribution in [0, 0.1) is 0 Å². The molecule has 1 fully saturated rings. The van der Waals surface area contributed by atoms with Crippen molar-refractivity contribution < 1.29 is 14.7 Å². The number of nitrogens with one attached hydrogen (secondary N) is 3. The molecule has 11 heteroatoms. The van der Waals surface area contributed by atoms with Crippen LogP contribution in [0.1, 0.15) is 11.3 Å². The molecule has 2 aromatic heterocycles. The van der Waals surface area contributed by atoms with Gasteiger partial charge in [-0.2, -0.15) is 0 Å². The van der Waals surface area contributed by atoms with Crippen LogP contribution in [0.2, 0.25) is 0 Å². The van der Waals surface area contributed by atoms with Gasteiger partial charge in [-0.15, -0.1) is 5.10 Å². The Morgan fingerprint density at radius 1 is 0.971 bits per heavy atom. The number of benzene rings is 2. The SMILES string of the molecule is O=C1NC(=S)N(CCc2ccc(O)cc2)C(=O)/C1=C\c1ccc(-c2ccc(-c3nnn[nH]3)cc2)[nH]1. The highest BCUT2D eigenvalue weighted by molar-refractivity contribution is 7.80. The summed E-state index contributed by atoms with van der Waals surface area (Å²) in [6.45, 7) is 0.295. The summed E-state index contributed by atoms with van der Waals surface area (Å²) in [5.74, 6) is -0.256. The summed E-state index contributed by atoms with van der Waals surface area (Å²) in [4.78, 5) is 30.2. The van der Waals surface area contributed by atoms with Gasteiger partial charge in [0, 0.05) is 23.5 Å². The molecule has 0 saturated carbocycles. The van der Waals surface area contributed by atoms with Gasteiger partial charge in [0.1, 0.15) is 11.3 Å². The molecule has 4 N–H and O–H groups in total. The van der Waals surface area contributed by atoms with E-state index in [0.29, 0.717) is 24.5 Å². The lowest BCUT2D eigenvalue weighted by Gasteiger charge is -2.28. The van der Waals surface area contributed by atoms with Gasteiger partial charge in [0.15, 0.2) is 10.9 Å². The Hall–Kier alpha value is -4.64.